The molecule has 0 aliphatic rings. The summed E-state index contributed by atoms with van der Waals surface area (Å²) in [4.78, 5) is 2.31. The summed E-state index contributed by atoms with van der Waals surface area (Å²) in [6, 6.07) is 17.6. The highest BCUT2D eigenvalue weighted by molar-refractivity contribution is 9.10. The lowest BCUT2D eigenvalue weighted by Crippen LogP contribution is -2.24. The Hall–Kier alpha value is -1.32. The van der Waals surface area contributed by atoms with Crippen molar-refractivity contribution in [3.8, 4) is 0 Å². The quantitative estimate of drug-likeness (QED) is 0.823. The third-order valence-electron chi connectivity index (χ3n) is 3.44. The highest BCUT2D eigenvalue weighted by Crippen LogP contribution is 2.21. The van der Waals surface area contributed by atoms with E-state index >= 15 is 0 Å². The van der Waals surface area contributed by atoms with Crippen molar-refractivity contribution in [2.75, 3.05) is 11.9 Å². The van der Waals surface area contributed by atoms with Gasteiger partial charge in [0.05, 0.1) is 0 Å². The molecule has 0 aliphatic heterocycles. The monoisotopic (exact) mass is 346 g/mol. The molecular formula is C18H23BrN2. The molecule has 0 heterocycles. The van der Waals surface area contributed by atoms with Crippen LogP contribution in [-0.4, -0.2) is 13.1 Å². The van der Waals surface area contributed by atoms with Gasteiger partial charge in [-0.25, -0.2) is 0 Å². The Morgan fingerprint density at radius 2 is 1.71 bits per heavy atom. The Morgan fingerprint density at radius 1 is 1.05 bits per heavy atom. The Balaban J connectivity index is 2.11. The molecule has 0 bridgehead atoms. The first-order valence-electron chi connectivity index (χ1n) is 7.33. The SMILES string of the molecule is CC(C)NCc1ccccc1N(C)Cc1ccc(Br)cc1. The zero-order valence-corrected chi connectivity index (χ0v) is 14.5. The lowest BCUT2D eigenvalue weighted by atomic mass is 10.1. The molecule has 2 aromatic rings. The summed E-state index contributed by atoms with van der Waals surface area (Å²) in [6.07, 6.45) is 0. The second-order valence-electron chi connectivity index (χ2n) is 5.65. The molecule has 0 unspecified atom stereocenters. The van der Waals surface area contributed by atoms with Gasteiger partial charge < -0.3 is 10.2 Å². The minimum Gasteiger partial charge on any atom is -0.370 e. The molecule has 0 saturated carbocycles. The van der Waals surface area contributed by atoms with Crippen LogP contribution in [0.15, 0.2) is 53.0 Å². The second-order valence-corrected chi connectivity index (χ2v) is 6.56. The molecular weight excluding hydrogens is 324 g/mol. The van der Waals surface area contributed by atoms with Gasteiger partial charge in [-0.3, -0.25) is 0 Å². The fourth-order valence-electron chi connectivity index (χ4n) is 2.30. The van der Waals surface area contributed by atoms with E-state index in [0.717, 1.165) is 17.6 Å². The van der Waals surface area contributed by atoms with E-state index in [1.807, 2.05) is 0 Å². The molecule has 0 amide bonds. The van der Waals surface area contributed by atoms with Crippen LogP contribution in [-0.2, 0) is 13.1 Å². The first kappa shape index (κ1) is 16.1. The van der Waals surface area contributed by atoms with Crippen molar-refractivity contribution >= 4 is 21.6 Å². The fraction of sp³-hybridized carbons (Fsp3) is 0.333. The number of rotatable bonds is 6. The van der Waals surface area contributed by atoms with Crippen LogP contribution in [0.25, 0.3) is 0 Å². The van der Waals surface area contributed by atoms with Gasteiger partial charge in [0.1, 0.15) is 0 Å². The molecule has 1 N–H and O–H groups in total. The van der Waals surface area contributed by atoms with Crippen LogP contribution in [0.3, 0.4) is 0 Å². The highest BCUT2D eigenvalue weighted by atomic mass is 79.9. The number of benzene rings is 2. The van der Waals surface area contributed by atoms with Crippen molar-refractivity contribution in [2.24, 2.45) is 0 Å². The zero-order valence-electron chi connectivity index (χ0n) is 12.9. The molecule has 0 radical (unpaired) electrons. The molecule has 0 saturated heterocycles. The molecule has 0 atom stereocenters. The molecule has 112 valence electrons. The summed E-state index contributed by atoms with van der Waals surface area (Å²) >= 11 is 3.48. The normalized spacial score (nSPS) is 10.9. The highest BCUT2D eigenvalue weighted by Gasteiger charge is 2.08. The lowest BCUT2D eigenvalue weighted by molar-refractivity contribution is 0.588. The summed E-state index contributed by atoms with van der Waals surface area (Å²) in [7, 11) is 2.15. The van der Waals surface area contributed by atoms with Gasteiger partial charge in [0.2, 0.25) is 0 Å². The van der Waals surface area contributed by atoms with Gasteiger partial charge in [0.15, 0.2) is 0 Å². The molecule has 2 nitrogen and oxygen atoms in total. The number of anilines is 1. The minimum absolute atomic E-state index is 0.495. The van der Waals surface area contributed by atoms with Gasteiger partial charge in [-0.1, -0.05) is 60.1 Å². The summed E-state index contributed by atoms with van der Waals surface area (Å²) in [5.41, 5.74) is 3.94. The number of hydrogen-bond donors (Lipinski definition) is 1. The topological polar surface area (TPSA) is 15.3 Å². The number of para-hydroxylation sites is 1. The van der Waals surface area contributed by atoms with E-state index < -0.39 is 0 Å². The average molecular weight is 347 g/mol. The molecule has 0 aromatic heterocycles. The van der Waals surface area contributed by atoms with Crippen molar-refractivity contribution in [1.82, 2.24) is 5.32 Å². The predicted octanol–water partition coefficient (Wildman–Crippen LogP) is 4.58. The fourth-order valence-corrected chi connectivity index (χ4v) is 2.56. The minimum atomic E-state index is 0.495. The number of hydrogen-bond acceptors (Lipinski definition) is 2. The van der Waals surface area contributed by atoms with E-state index in [2.05, 4.69) is 95.6 Å². The van der Waals surface area contributed by atoms with Gasteiger partial charge in [-0.05, 0) is 29.3 Å². The van der Waals surface area contributed by atoms with Crippen molar-refractivity contribution in [1.29, 1.82) is 0 Å². The smallest absolute Gasteiger partial charge is 0.0426 e. The average Bonchev–Trinajstić information content (AvgIpc) is 2.47. The van der Waals surface area contributed by atoms with E-state index in [0.29, 0.717) is 6.04 Å². The van der Waals surface area contributed by atoms with Crippen LogP contribution in [0.4, 0.5) is 5.69 Å². The standard InChI is InChI=1S/C18H23BrN2/c1-14(2)20-12-16-6-4-5-7-18(16)21(3)13-15-8-10-17(19)11-9-15/h4-11,14,20H,12-13H2,1-3H3. The van der Waals surface area contributed by atoms with Crippen LogP contribution in [0.2, 0.25) is 0 Å². The van der Waals surface area contributed by atoms with Gasteiger partial charge in [-0.15, -0.1) is 0 Å². The maximum Gasteiger partial charge on any atom is 0.0426 e. The summed E-state index contributed by atoms with van der Waals surface area (Å²) in [5, 5.41) is 3.50. The van der Waals surface area contributed by atoms with Crippen LogP contribution in [0.1, 0.15) is 25.0 Å². The zero-order chi connectivity index (χ0) is 15.2. The van der Waals surface area contributed by atoms with E-state index in [1.165, 1.54) is 16.8 Å². The van der Waals surface area contributed by atoms with Crippen molar-refractivity contribution < 1.29 is 0 Å². The third-order valence-corrected chi connectivity index (χ3v) is 3.97. The molecule has 21 heavy (non-hydrogen) atoms. The Labute approximate surface area is 136 Å². The van der Waals surface area contributed by atoms with Crippen molar-refractivity contribution in [2.45, 2.75) is 33.0 Å². The Morgan fingerprint density at radius 3 is 2.38 bits per heavy atom. The predicted molar refractivity (Wildman–Crippen MR) is 94.7 cm³/mol. The largest absolute Gasteiger partial charge is 0.370 e. The number of nitrogens with one attached hydrogen (secondary N) is 1. The van der Waals surface area contributed by atoms with Gasteiger partial charge in [-0.2, -0.15) is 0 Å². The summed E-state index contributed by atoms with van der Waals surface area (Å²) < 4.78 is 1.12. The molecule has 3 heteroatoms. The van der Waals surface area contributed by atoms with Crippen LogP contribution >= 0.6 is 15.9 Å². The van der Waals surface area contributed by atoms with Crippen LogP contribution in [0.5, 0.6) is 0 Å². The summed E-state index contributed by atoms with van der Waals surface area (Å²) in [6.45, 7) is 6.16. The van der Waals surface area contributed by atoms with Crippen LogP contribution in [0, 0.1) is 0 Å². The second kappa shape index (κ2) is 7.62. The van der Waals surface area contributed by atoms with Gasteiger partial charge in [0, 0.05) is 36.3 Å². The Bertz CT molecular complexity index is 564. The molecule has 0 aliphatic carbocycles. The number of halogens is 1. The van der Waals surface area contributed by atoms with Gasteiger partial charge in [0.25, 0.3) is 0 Å². The maximum atomic E-state index is 3.50. The van der Waals surface area contributed by atoms with Crippen molar-refractivity contribution in [3.63, 3.8) is 0 Å². The van der Waals surface area contributed by atoms with E-state index in [9.17, 15) is 0 Å². The Kier molecular flexibility index (Phi) is 5.83. The van der Waals surface area contributed by atoms with Crippen molar-refractivity contribution in [3.05, 3.63) is 64.1 Å². The summed E-state index contributed by atoms with van der Waals surface area (Å²) in [5.74, 6) is 0. The van der Waals surface area contributed by atoms with E-state index in [-0.39, 0.29) is 0 Å². The first-order chi connectivity index (χ1) is 10.1. The first-order valence-corrected chi connectivity index (χ1v) is 8.12. The van der Waals surface area contributed by atoms with E-state index in [1.54, 1.807) is 0 Å². The van der Waals surface area contributed by atoms with E-state index in [4.69, 9.17) is 0 Å². The van der Waals surface area contributed by atoms with Gasteiger partial charge >= 0.3 is 0 Å². The number of nitrogens with zero attached hydrogens (tertiary/aromatic N) is 1. The molecule has 0 spiro atoms. The molecule has 0 fully saturated rings. The van der Waals surface area contributed by atoms with Crippen LogP contribution < -0.4 is 10.2 Å². The molecule has 2 rings (SSSR count). The lowest BCUT2D eigenvalue weighted by Gasteiger charge is -2.23. The third kappa shape index (κ3) is 4.87. The maximum absolute atomic E-state index is 3.50. The molecule has 2 aromatic carbocycles.